The Morgan fingerprint density at radius 3 is 1.62 bits per heavy atom. The number of hydrogen-bond acceptors (Lipinski definition) is 3. The second-order valence-electron chi connectivity index (χ2n) is 14.1. The van der Waals surface area contributed by atoms with Crippen LogP contribution in [0, 0.1) is 0 Å². The molecule has 0 aliphatic carbocycles. The third-order valence-electron chi connectivity index (χ3n) is 10.8. The number of para-hydroxylation sites is 2. The highest BCUT2D eigenvalue weighted by Crippen LogP contribution is 2.41. The summed E-state index contributed by atoms with van der Waals surface area (Å²) in [6, 6.07) is 68.2. The number of rotatable bonds is 6. The van der Waals surface area contributed by atoms with Crippen LogP contribution in [0.3, 0.4) is 0 Å². The molecule has 11 rings (SSSR count). The van der Waals surface area contributed by atoms with Gasteiger partial charge in [-0.2, -0.15) is 0 Å². The van der Waals surface area contributed by atoms with Crippen molar-refractivity contribution in [3.8, 4) is 56.7 Å². The lowest BCUT2D eigenvalue weighted by atomic mass is 10.0. The minimum absolute atomic E-state index is 0.635. The first-order valence-corrected chi connectivity index (χ1v) is 18.9. The summed E-state index contributed by atoms with van der Waals surface area (Å²) in [6.07, 6.45) is 2.19. The average molecular weight is 716 g/mol. The molecule has 0 radical (unpaired) electrons. The summed E-state index contributed by atoms with van der Waals surface area (Å²) >= 11 is 0. The highest BCUT2D eigenvalue weighted by Gasteiger charge is 2.19. The third-order valence-corrected chi connectivity index (χ3v) is 10.8. The third kappa shape index (κ3) is 5.29. The Morgan fingerprint density at radius 1 is 0.339 bits per heavy atom. The standard InChI is InChI=1S/C51H33N5/c1-4-14-35(15-5-1)49-52-50(36-16-6-2-7-17-36)54-51(53-49)39-20-12-18-37(32-39)38-19-13-23-41(33-38)56-46-25-11-10-24-42(46)43-28-26-34-27-29-45-44(47(34)48(43)56)30-31-55(45)40-21-8-3-9-22-40/h1-33H. The molecule has 5 nitrogen and oxygen atoms in total. The normalized spacial score (nSPS) is 11.6. The highest BCUT2D eigenvalue weighted by molar-refractivity contribution is 6.25. The van der Waals surface area contributed by atoms with Gasteiger partial charge in [0, 0.05) is 55.8 Å². The predicted molar refractivity (Wildman–Crippen MR) is 230 cm³/mol. The van der Waals surface area contributed by atoms with Gasteiger partial charge < -0.3 is 9.13 Å². The van der Waals surface area contributed by atoms with E-state index in [1.165, 1.54) is 43.5 Å². The SMILES string of the molecule is c1ccc(-c2nc(-c3ccccc3)nc(-c3cccc(-c4cccc(-n5c6ccccc6c6ccc7ccc8c(ccn8-c8ccccc8)c7c65)c4)c3)n2)cc1. The lowest BCUT2D eigenvalue weighted by molar-refractivity contribution is 1.07. The molecule has 0 saturated heterocycles. The summed E-state index contributed by atoms with van der Waals surface area (Å²) in [5.74, 6) is 1.93. The molecule has 0 aliphatic heterocycles. The van der Waals surface area contributed by atoms with Crippen LogP contribution in [0.25, 0.3) is 100 Å². The molecule has 0 bridgehead atoms. The van der Waals surface area contributed by atoms with Crippen molar-refractivity contribution in [2.75, 3.05) is 0 Å². The summed E-state index contributed by atoms with van der Waals surface area (Å²) in [4.78, 5) is 14.9. The van der Waals surface area contributed by atoms with E-state index in [4.69, 9.17) is 15.0 Å². The molecule has 0 atom stereocenters. The number of fused-ring (bicyclic) bond motifs is 7. The van der Waals surface area contributed by atoms with Crippen LogP contribution >= 0.6 is 0 Å². The molecule has 3 aromatic heterocycles. The lowest BCUT2D eigenvalue weighted by Crippen LogP contribution is -2.00. The van der Waals surface area contributed by atoms with Gasteiger partial charge in [0.25, 0.3) is 0 Å². The highest BCUT2D eigenvalue weighted by atomic mass is 15.0. The molecule has 0 aliphatic rings. The Balaban J connectivity index is 1.08. The Morgan fingerprint density at radius 2 is 0.893 bits per heavy atom. The van der Waals surface area contributed by atoms with Gasteiger partial charge in [0.2, 0.25) is 0 Å². The minimum Gasteiger partial charge on any atom is -0.317 e. The molecule has 8 aromatic carbocycles. The van der Waals surface area contributed by atoms with Crippen LogP contribution in [-0.4, -0.2) is 24.1 Å². The van der Waals surface area contributed by atoms with Gasteiger partial charge in [0.05, 0.1) is 16.6 Å². The molecule has 3 heterocycles. The molecule has 5 heteroatoms. The average Bonchev–Trinajstić information content (AvgIpc) is 3.87. The molecule has 0 spiro atoms. The summed E-state index contributed by atoms with van der Waals surface area (Å²) in [5.41, 5.74) is 10.8. The van der Waals surface area contributed by atoms with Crippen LogP contribution in [0.5, 0.6) is 0 Å². The predicted octanol–water partition coefficient (Wildman–Crippen LogP) is 12.7. The van der Waals surface area contributed by atoms with Crippen LogP contribution < -0.4 is 0 Å². The first-order valence-electron chi connectivity index (χ1n) is 18.9. The first-order chi connectivity index (χ1) is 27.8. The van der Waals surface area contributed by atoms with Gasteiger partial charge in [-0.15, -0.1) is 0 Å². The van der Waals surface area contributed by atoms with Crippen LogP contribution in [0.2, 0.25) is 0 Å². The molecule has 262 valence electrons. The molecular formula is C51H33N5. The Bertz CT molecular complexity index is 3180. The maximum atomic E-state index is 5.01. The van der Waals surface area contributed by atoms with Crippen molar-refractivity contribution >= 4 is 43.5 Å². The maximum Gasteiger partial charge on any atom is 0.164 e. The first kappa shape index (κ1) is 31.9. The fourth-order valence-electron chi connectivity index (χ4n) is 8.17. The number of aromatic nitrogens is 5. The zero-order valence-electron chi connectivity index (χ0n) is 30.3. The molecule has 0 unspecified atom stereocenters. The second kappa shape index (κ2) is 13.0. The molecule has 0 fully saturated rings. The number of benzene rings is 8. The van der Waals surface area contributed by atoms with Gasteiger partial charge in [-0.05, 0) is 65.0 Å². The zero-order valence-corrected chi connectivity index (χ0v) is 30.3. The van der Waals surface area contributed by atoms with Crippen LogP contribution in [0.4, 0.5) is 0 Å². The monoisotopic (exact) mass is 715 g/mol. The summed E-state index contributed by atoms with van der Waals surface area (Å²) < 4.78 is 4.73. The van der Waals surface area contributed by atoms with Crippen molar-refractivity contribution in [1.29, 1.82) is 0 Å². The molecule has 11 aromatic rings. The van der Waals surface area contributed by atoms with Gasteiger partial charge in [0.1, 0.15) is 0 Å². The fourth-order valence-corrected chi connectivity index (χ4v) is 8.17. The van der Waals surface area contributed by atoms with E-state index >= 15 is 0 Å². The van der Waals surface area contributed by atoms with Crippen molar-refractivity contribution in [1.82, 2.24) is 24.1 Å². The van der Waals surface area contributed by atoms with E-state index < -0.39 is 0 Å². The van der Waals surface area contributed by atoms with Gasteiger partial charge in [-0.1, -0.05) is 146 Å². The van der Waals surface area contributed by atoms with Gasteiger partial charge >= 0.3 is 0 Å². The van der Waals surface area contributed by atoms with Crippen molar-refractivity contribution in [2.45, 2.75) is 0 Å². The lowest BCUT2D eigenvalue weighted by Gasteiger charge is -2.13. The van der Waals surface area contributed by atoms with E-state index in [1.807, 2.05) is 60.7 Å². The van der Waals surface area contributed by atoms with Crippen molar-refractivity contribution in [3.05, 3.63) is 200 Å². The molecule has 56 heavy (non-hydrogen) atoms. The smallest absolute Gasteiger partial charge is 0.164 e. The largest absolute Gasteiger partial charge is 0.317 e. The van der Waals surface area contributed by atoms with Crippen molar-refractivity contribution in [2.24, 2.45) is 0 Å². The van der Waals surface area contributed by atoms with E-state index in [-0.39, 0.29) is 0 Å². The number of hydrogen-bond donors (Lipinski definition) is 0. The fraction of sp³-hybridized carbons (Fsp3) is 0. The van der Waals surface area contributed by atoms with E-state index in [9.17, 15) is 0 Å². The zero-order chi connectivity index (χ0) is 37.0. The molecule has 0 N–H and O–H groups in total. The van der Waals surface area contributed by atoms with E-state index in [2.05, 4.69) is 149 Å². The Labute approximate surface area is 323 Å². The Kier molecular flexibility index (Phi) is 7.42. The molecule has 0 amide bonds. The van der Waals surface area contributed by atoms with Gasteiger partial charge in [0.15, 0.2) is 17.5 Å². The maximum absolute atomic E-state index is 5.01. The number of nitrogens with zero attached hydrogens (tertiary/aromatic N) is 5. The molecular weight excluding hydrogens is 683 g/mol. The van der Waals surface area contributed by atoms with Gasteiger partial charge in [-0.3, -0.25) is 0 Å². The van der Waals surface area contributed by atoms with E-state index in [0.29, 0.717) is 17.5 Å². The summed E-state index contributed by atoms with van der Waals surface area (Å²) in [5, 5.41) is 6.16. The van der Waals surface area contributed by atoms with E-state index in [1.54, 1.807) is 0 Å². The van der Waals surface area contributed by atoms with Crippen molar-refractivity contribution in [3.63, 3.8) is 0 Å². The quantitative estimate of drug-likeness (QED) is 0.172. The van der Waals surface area contributed by atoms with Crippen molar-refractivity contribution < 1.29 is 0 Å². The topological polar surface area (TPSA) is 48.5 Å². The van der Waals surface area contributed by atoms with Gasteiger partial charge in [-0.25, -0.2) is 15.0 Å². The summed E-state index contributed by atoms with van der Waals surface area (Å²) in [6.45, 7) is 0. The van der Waals surface area contributed by atoms with E-state index in [0.717, 1.165) is 39.2 Å². The summed E-state index contributed by atoms with van der Waals surface area (Å²) in [7, 11) is 0. The van der Waals surface area contributed by atoms with Crippen LogP contribution in [-0.2, 0) is 0 Å². The second-order valence-corrected chi connectivity index (χ2v) is 14.1. The Hall–Kier alpha value is -7.63. The van der Waals surface area contributed by atoms with Crippen LogP contribution in [0.15, 0.2) is 200 Å². The molecule has 0 saturated carbocycles. The van der Waals surface area contributed by atoms with Crippen LogP contribution in [0.1, 0.15) is 0 Å². The minimum atomic E-state index is 0.635.